The van der Waals surface area contributed by atoms with Gasteiger partial charge >= 0.3 is 5.97 Å². The lowest BCUT2D eigenvalue weighted by molar-refractivity contribution is -0.150. The van der Waals surface area contributed by atoms with Crippen molar-refractivity contribution in [1.82, 2.24) is 0 Å². The van der Waals surface area contributed by atoms with Crippen LogP contribution in [0.25, 0.3) is 0 Å². The third-order valence-corrected chi connectivity index (χ3v) is 2.85. The summed E-state index contributed by atoms with van der Waals surface area (Å²) in [5, 5.41) is 9.02. The van der Waals surface area contributed by atoms with Crippen LogP contribution in [-0.4, -0.2) is 17.7 Å². The first-order valence-electron chi connectivity index (χ1n) is 5.66. The first-order chi connectivity index (χ1) is 7.72. The zero-order valence-electron chi connectivity index (χ0n) is 9.35. The average Bonchev–Trinajstić information content (AvgIpc) is 3.10. The summed E-state index contributed by atoms with van der Waals surface area (Å²) >= 11 is 0. The molecule has 0 bridgehead atoms. The Morgan fingerprint density at radius 2 is 2.06 bits per heavy atom. The van der Waals surface area contributed by atoms with Crippen molar-refractivity contribution >= 4 is 5.97 Å². The number of benzene rings is 1. The highest BCUT2D eigenvalue weighted by molar-refractivity contribution is 5.74. The molecule has 1 saturated carbocycles. The zero-order chi connectivity index (χ0) is 11.5. The minimum atomic E-state index is -0.930. The van der Waals surface area contributed by atoms with Crippen molar-refractivity contribution in [2.45, 2.75) is 31.8 Å². The van der Waals surface area contributed by atoms with Gasteiger partial charge in [-0.25, -0.2) is 4.79 Å². The molecule has 1 aromatic carbocycles. The molecule has 0 heterocycles. The van der Waals surface area contributed by atoms with E-state index in [0.29, 0.717) is 12.5 Å². The number of aliphatic carboxylic acids is 1. The normalized spacial score (nSPS) is 17.1. The Morgan fingerprint density at radius 3 is 2.50 bits per heavy atom. The van der Waals surface area contributed by atoms with Crippen molar-refractivity contribution in [3.63, 3.8) is 0 Å². The molecule has 0 spiro atoms. The van der Waals surface area contributed by atoms with E-state index in [1.165, 1.54) is 18.4 Å². The molecule has 1 unspecified atom stereocenters. The van der Waals surface area contributed by atoms with E-state index in [4.69, 9.17) is 9.84 Å². The number of ether oxygens (including phenoxy) is 1. The summed E-state index contributed by atoms with van der Waals surface area (Å²) in [6.07, 6.45) is 1.68. The van der Waals surface area contributed by atoms with Crippen LogP contribution in [0.5, 0.6) is 0 Å². The standard InChI is InChI=1S/C13H16O3/c1-2-16-12(13(14)15)11-7-5-10(6-8-11)9-3-4-9/h5-9,12H,2-4H2,1H3,(H,14,15). The first kappa shape index (κ1) is 11.1. The second-order valence-electron chi connectivity index (χ2n) is 4.11. The fourth-order valence-corrected chi connectivity index (χ4v) is 1.84. The Balaban J connectivity index is 2.14. The van der Waals surface area contributed by atoms with Crippen molar-refractivity contribution < 1.29 is 14.6 Å². The summed E-state index contributed by atoms with van der Waals surface area (Å²) in [7, 11) is 0. The van der Waals surface area contributed by atoms with Gasteiger partial charge in [-0.1, -0.05) is 24.3 Å². The molecule has 1 N–H and O–H groups in total. The fourth-order valence-electron chi connectivity index (χ4n) is 1.84. The minimum absolute atomic E-state index is 0.404. The van der Waals surface area contributed by atoms with Crippen LogP contribution in [0.3, 0.4) is 0 Å². The molecule has 1 fully saturated rings. The molecule has 1 aliphatic rings. The summed E-state index contributed by atoms with van der Waals surface area (Å²) in [4.78, 5) is 11.0. The SMILES string of the molecule is CCOC(C(=O)O)c1ccc(C2CC2)cc1. The molecule has 3 heteroatoms. The Kier molecular flexibility index (Phi) is 3.25. The van der Waals surface area contributed by atoms with E-state index >= 15 is 0 Å². The van der Waals surface area contributed by atoms with Crippen LogP contribution in [0.15, 0.2) is 24.3 Å². The van der Waals surface area contributed by atoms with E-state index < -0.39 is 12.1 Å². The first-order valence-corrected chi connectivity index (χ1v) is 5.66. The highest BCUT2D eigenvalue weighted by Gasteiger charge is 2.24. The third-order valence-electron chi connectivity index (χ3n) is 2.85. The number of rotatable bonds is 5. The van der Waals surface area contributed by atoms with Crippen molar-refractivity contribution in [2.24, 2.45) is 0 Å². The second kappa shape index (κ2) is 4.66. The molecule has 86 valence electrons. The van der Waals surface area contributed by atoms with Gasteiger partial charge < -0.3 is 9.84 Å². The number of carboxylic acid groups (broad SMARTS) is 1. The highest BCUT2D eigenvalue weighted by atomic mass is 16.5. The predicted octanol–water partition coefficient (Wildman–Crippen LogP) is 2.73. The molecule has 1 aliphatic carbocycles. The van der Waals surface area contributed by atoms with E-state index in [0.717, 1.165) is 5.56 Å². The molecule has 0 amide bonds. The molecule has 0 aromatic heterocycles. The fraction of sp³-hybridized carbons (Fsp3) is 0.462. The van der Waals surface area contributed by atoms with Gasteiger partial charge in [0.05, 0.1) is 0 Å². The minimum Gasteiger partial charge on any atom is -0.479 e. The Labute approximate surface area is 95.0 Å². The van der Waals surface area contributed by atoms with Crippen molar-refractivity contribution in [2.75, 3.05) is 6.61 Å². The quantitative estimate of drug-likeness (QED) is 0.829. The van der Waals surface area contributed by atoms with E-state index in [1.807, 2.05) is 24.3 Å². The lowest BCUT2D eigenvalue weighted by Crippen LogP contribution is -2.15. The summed E-state index contributed by atoms with van der Waals surface area (Å²) in [6, 6.07) is 7.76. The number of carbonyl (C=O) groups is 1. The van der Waals surface area contributed by atoms with E-state index in [1.54, 1.807) is 6.92 Å². The monoisotopic (exact) mass is 220 g/mol. The maximum atomic E-state index is 11.0. The zero-order valence-corrected chi connectivity index (χ0v) is 9.35. The Bertz CT molecular complexity index is 365. The van der Waals surface area contributed by atoms with Crippen LogP contribution in [0.1, 0.15) is 42.9 Å². The van der Waals surface area contributed by atoms with Crippen molar-refractivity contribution in [1.29, 1.82) is 0 Å². The molecule has 16 heavy (non-hydrogen) atoms. The smallest absolute Gasteiger partial charge is 0.337 e. The highest BCUT2D eigenvalue weighted by Crippen LogP contribution is 2.40. The summed E-state index contributed by atoms with van der Waals surface area (Å²) in [5.74, 6) is -0.231. The van der Waals surface area contributed by atoms with Gasteiger partial charge in [0.25, 0.3) is 0 Å². The van der Waals surface area contributed by atoms with Gasteiger partial charge in [-0.2, -0.15) is 0 Å². The molecular formula is C13H16O3. The van der Waals surface area contributed by atoms with Crippen LogP contribution >= 0.6 is 0 Å². The lowest BCUT2D eigenvalue weighted by Gasteiger charge is -2.13. The van der Waals surface area contributed by atoms with Crippen molar-refractivity contribution in [3.05, 3.63) is 35.4 Å². The lowest BCUT2D eigenvalue weighted by atomic mass is 10.0. The topological polar surface area (TPSA) is 46.5 Å². The van der Waals surface area contributed by atoms with Crippen molar-refractivity contribution in [3.8, 4) is 0 Å². The average molecular weight is 220 g/mol. The molecule has 1 atom stereocenters. The van der Waals surface area contributed by atoms with Gasteiger partial charge in [0.1, 0.15) is 0 Å². The van der Waals surface area contributed by atoms with Crippen LogP contribution in [-0.2, 0) is 9.53 Å². The third kappa shape index (κ3) is 2.42. The van der Waals surface area contributed by atoms with Crippen LogP contribution in [0.2, 0.25) is 0 Å². The molecule has 2 rings (SSSR count). The number of hydrogen-bond acceptors (Lipinski definition) is 2. The Hall–Kier alpha value is -1.35. The van der Waals surface area contributed by atoms with Gasteiger partial charge in [0.15, 0.2) is 6.10 Å². The van der Waals surface area contributed by atoms with Crippen LogP contribution < -0.4 is 0 Å². The largest absolute Gasteiger partial charge is 0.479 e. The number of carboxylic acids is 1. The maximum Gasteiger partial charge on any atom is 0.337 e. The van der Waals surface area contributed by atoms with E-state index in [-0.39, 0.29) is 0 Å². The van der Waals surface area contributed by atoms with Crippen LogP contribution in [0, 0.1) is 0 Å². The summed E-state index contributed by atoms with van der Waals surface area (Å²) in [5.41, 5.74) is 2.03. The molecule has 1 aromatic rings. The number of hydrogen-bond donors (Lipinski definition) is 1. The van der Waals surface area contributed by atoms with Crippen LogP contribution in [0.4, 0.5) is 0 Å². The van der Waals surface area contributed by atoms with Gasteiger partial charge in [-0.05, 0) is 36.8 Å². The summed E-state index contributed by atoms with van der Waals surface area (Å²) in [6.45, 7) is 2.20. The van der Waals surface area contributed by atoms with E-state index in [2.05, 4.69) is 0 Å². The molecule has 0 aliphatic heterocycles. The second-order valence-corrected chi connectivity index (χ2v) is 4.11. The Morgan fingerprint density at radius 1 is 1.44 bits per heavy atom. The predicted molar refractivity (Wildman–Crippen MR) is 60.4 cm³/mol. The maximum absolute atomic E-state index is 11.0. The molecule has 0 saturated heterocycles. The molecular weight excluding hydrogens is 204 g/mol. The van der Waals surface area contributed by atoms with Gasteiger partial charge in [-0.15, -0.1) is 0 Å². The van der Waals surface area contributed by atoms with Gasteiger partial charge in [0, 0.05) is 6.61 Å². The van der Waals surface area contributed by atoms with E-state index in [9.17, 15) is 4.79 Å². The van der Waals surface area contributed by atoms with Gasteiger partial charge in [0.2, 0.25) is 0 Å². The van der Waals surface area contributed by atoms with Gasteiger partial charge in [-0.3, -0.25) is 0 Å². The molecule has 3 nitrogen and oxygen atoms in total. The summed E-state index contributed by atoms with van der Waals surface area (Å²) < 4.78 is 5.21. The molecule has 0 radical (unpaired) electrons.